The van der Waals surface area contributed by atoms with Crippen LogP contribution in [-0.4, -0.2) is 28.3 Å². The fourth-order valence-corrected chi connectivity index (χ4v) is 6.80. The molecule has 1 N–H and O–H groups in total. The summed E-state index contributed by atoms with van der Waals surface area (Å²) in [7, 11) is 0. The number of aryl methyl sites for hydroxylation is 1. The third-order valence-corrected chi connectivity index (χ3v) is 8.09. The second kappa shape index (κ2) is 8.06. The van der Waals surface area contributed by atoms with Gasteiger partial charge in [-0.1, -0.05) is 20.8 Å². The molecule has 114 valence electrons. The summed E-state index contributed by atoms with van der Waals surface area (Å²) in [6.45, 7) is 11.0. The molecule has 2 heterocycles. The van der Waals surface area contributed by atoms with Gasteiger partial charge in [0, 0.05) is 28.2 Å². The number of nitrogens with one attached hydrogen (secondary N) is 1. The van der Waals surface area contributed by atoms with Crippen LogP contribution < -0.4 is 5.32 Å². The van der Waals surface area contributed by atoms with Crippen molar-refractivity contribution in [1.82, 2.24) is 10.3 Å². The highest BCUT2D eigenvalue weighted by atomic mass is 32.2. The second-order valence-electron chi connectivity index (χ2n) is 5.69. The van der Waals surface area contributed by atoms with Crippen LogP contribution in [0.4, 0.5) is 0 Å². The van der Waals surface area contributed by atoms with E-state index in [1.54, 1.807) is 0 Å². The predicted molar refractivity (Wildman–Crippen MR) is 95.1 cm³/mol. The number of hydrogen-bond donors (Lipinski definition) is 1. The SMILES string of the molecule is CCC1SCCSC1c1nc(C)c(CNCC(C)C)s1. The van der Waals surface area contributed by atoms with E-state index in [1.807, 2.05) is 11.3 Å². The second-order valence-corrected chi connectivity index (χ2v) is 9.41. The van der Waals surface area contributed by atoms with Crippen molar-refractivity contribution in [3.8, 4) is 0 Å². The Morgan fingerprint density at radius 2 is 2.05 bits per heavy atom. The Hall–Kier alpha value is 0.290. The van der Waals surface area contributed by atoms with Crippen molar-refractivity contribution in [3.63, 3.8) is 0 Å². The molecular weight excluding hydrogens is 304 g/mol. The molecule has 0 amide bonds. The first kappa shape index (κ1) is 16.7. The first-order chi connectivity index (χ1) is 9.61. The minimum absolute atomic E-state index is 0.612. The maximum atomic E-state index is 4.87. The van der Waals surface area contributed by atoms with Gasteiger partial charge < -0.3 is 5.32 Å². The lowest BCUT2D eigenvalue weighted by atomic mass is 10.2. The zero-order valence-electron chi connectivity index (χ0n) is 12.9. The van der Waals surface area contributed by atoms with Gasteiger partial charge in [-0.05, 0) is 25.8 Å². The lowest BCUT2D eigenvalue weighted by molar-refractivity contribution is 0.554. The van der Waals surface area contributed by atoms with Gasteiger partial charge in [-0.15, -0.1) is 23.1 Å². The van der Waals surface area contributed by atoms with Gasteiger partial charge in [0.2, 0.25) is 0 Å². The van der Waals surface area contributed by atoms with E-state index in [2.05, 4.69) is 56.5 Å². The maximum absolute atomic E-state index is 4.87. The van der Waals surface area contributed by atoms with Gasteiger partial charge in [0.1, 0.15) is 5.01 Å². The average Bonchev–Trinajstić information content (AvgIpc) is 2.80. The fourth-order valence-electron chi connectivity index (χ4n) is 2.34. The highest BCUT2D eigenvalue weighted by Crippen LogP contribution is 2.45. The molecule has 2 atom stereocenters. The summed E-state index contributed by atoms with van der Waals surface area (Å²) in [6, 6.07) is 0. The summed E-state index contributed by atoms with van der Waals surface area (Å²) in [4.78, 5) is 6.30. The van der Waals surface area contributed by atoms with Crippen LogP contribution in [0, 0.1) is 12.8 Å². The van der Waals surface area contributed by atoms with Crippen LogP contribution in [0.3, 0.4) is 0 Å². The summed E-state index contributed by atoms with van der Waals surface area (Å²) in [5, 5.41) is 6.25. The third-order valence-electron chi connectivity index (χ3n) is 3.44. The molecule has 0 radical (unpaired) electrons. The van der Waals surface area contributed by atoms with Crippen molar-refractivity contribution in [2.75, 3.05) is 18.1 Å². The van der Waals surface area contributed by atoms with Gasteiger partial charge in [-0.2, -0.15) is 11.8 Å². The van der Waals surface area contributed by atoms with Gasteiger partial charge >= 0.3 is 0 Å². The van der Waals surface area contributed by atoms with Crippen LogP contribution in [0.25, 0.3) is 0 Å². The molecule has 20 heavy (non-hydrogen) atoms. The van der Waals surface area contributed by atoms with Crippen LogP contribution in [0.2, 0.25) is 0 Å². The van der Waals surface area contributed by atoms with Crippen LogP contribution in [0.5, 0.6) is 0 Å². The van der Waals surface area contributed by atoms with Gasteiger partial charge in [0.05, 0.1) is 10.9 Å². The molecule has 1 fully saturated rings. The van der Waals surface area contributed by atoms with E-state index >= 15 is 0 Å². The molecule has 0 spiro atoms. The molecule has 1 aliphatic heterocycles. The van der Waals surface area contributed by atoms with Crippen molar-refractivity contribution < 1.29 is 0 Å². The Balaban J connectivity index is 2.01. The summed E-state index contributed by atoms with van der Waals surface area (Å²) in [6.07, 6.45) is 1.25. The lowest BCUT2D eigenvalue weighted by Crippen LogP contribution is -2.18. The molecule has 0 aliphatic carbocycles. The van der Waals surface area contributed by atoms with Crippen molar-refractivity contribution in [2.45, 2.75) is 51.2 Å². The van der Waals surface area contributed by atoms with Crippen molar-refractivity contribution in [1.29, 1.82) is 0 Å². The monoisotopic (exact) mass is 330 g/mol. The number of hydrogen-bond acceptors (Lipinski definition) is 5. The number of thioether (sulfide) groups is 2. The Kier molecular flexibility index (Phi) is 6.72. The molecule has 0 bridgehead atoms. The van der Waals surface area contributed by atoms with E-state index in [0.29, 0.717) is 11.2 Å². The Bertz CT molecular complexity index is 417. The molecule has 2 rings (SSSR count). The van der Waals surface area contributed by atoms with E-state index in [9.17, 15) is 0 Å². The number of rotatable bonds is 6. The van der Waals surface area contributed by atoms with Gasteiger partial charge in [-0.3, -0.25) is 0 Å². The summed E-state index contributed by atoms with van der Waals surface area (Å²) >= 11 is 6.17. The molecule has 2 unspecified atom stereocenters. The van der Waals surface area contributed by atoms with E-state index in [4.69, 9.17) is 4.98 Å². The molecule has 1 aromatic heterocycles. The zero-order valence-corrected chi connectivity index (χ0v) is 15.4. The maximum Gasteiger partial charge on any atom is 0.107 e. The molecule has 1 saturated heterocycles. The summed E-state index contributed by atoms with van der Waals surface area (Å²) < 4.78 is 0. The number of aromatic nitrogens is 1. The van der Waals surface area contributed by atoms with E-state index in [1.165, 1.54) is 33.5 Å². The van der Waals surface area contributed by atoms with Crippen molar-refractivity contribution in [3.05, 3.63) is 15.6 Å². The van der Waals surface area contributed by atoms with Crippen LogP contribution in [0.1, 0.15) is 48.0 Å². The molecule has 2 nitrogen and oxygen atoms in total. The van der Waals surface area contributed by atoms with Crippen molar-refractivity contribution >= 4 is 34.9 Å². The molecule has 0 aromatic carbocycles. The van der Waals surface area contributed by atoms with Gasteiger partial charge in [0.15, 0.2) is 0 Å². The summed E-state index contributed by atoms with van der Waals surface area (Å²) in [5.41, 5.74) is 1.23. The smallest absolute Gasteiger partial charge is 0.107 e. The molecule has 5 heteroatoms. The third kappa shape index (κ3) is 4.39. The molecular formula is C15H26N2S3. The van der Waals surface area contributed by atoms with E-state index in [-0.39, 0.29) is 0 Å². The van der Waals surface area contributed by atoms with Crippen LogP contribution in [0.15, 0.2) is 0 Å². The standard InChI is InChI=1S/C15H26N2S3/c1-5-12-14(19-7-6-18-12)15-17-11(4)13(20-15)9-16-8-10(2)3/h10,12,14,16H,5-9H2,1-4H3. The molecule has 0 saturated carbocycles. The van der Waals surface area contributed by atoms with E-state index < -0.39 is 0 Å². The number of nitrogens with zero attached hydrogens (tertiary/aromatic N) is 1. The minimum atomic E-state index is 0.612. The van der Waals surface area contributed by atoms with Crippen molar-refractivity contribution in [2.24, 2.45) is 5.92 Å². The fraction of sp³-hybridized carbons (Fsp3) is 0.800. The Morgan fingerprint density at radius 3 is 2.75 bits per heavy atom. The minimum Gasteiger partial charge on any atom is -0.312 e. The lowest BCUT2D eigenvalue weighted by Gasteiger charge is -2.28. The highest BCUT2D eigenvalue weighted by Gasteiger charge is 2.29. The average molecular weight is 331 g/mol. The first-order valence-corrected chi connectivity index (χ1v) is 10.4. The number of thiazole rings is 1. The Labute approximate surface area is 135 Å². The largest absolute Gasteiger partial charge is 0.312 e. The molecule has 1 aromatic rings. The normalized spacial score (nSPS) is 23.4. The predicted octanol–water partition coefficient (Wildman–Crippen LogP) is 4.50. The topological polar surface area (TPSA) is 24.9 Å². The summed E-state index contributed by atoms with van der Waals surface area (Å²) in [5.74, 6) is 3.27. The van der Waals surface area contributed by atoms with Gasteiger partial charge in [0.25, 0.3) is 0 Å². The highest BCUT2D eigenvalue weighted by molar-refractivity contribution is 8.06. The van der Waals surface area contributed by atoms with Crippen LogP contribution >= 0.6 is 34.9 Å². The molecule has 1 aliphatic rings. The van der Waals surface area contributed by atoms with Gasteiger partial charge in [-0.25, -0.2) is 4.98 Å². The quantitative estimate of drug-likeness (QED) is 0.830. The Morgan fingerprint density at radius 1 is 1.30 bits per heavy atom. The first-order valence-electron chi connectivity index (χ1n) is 7.52. The van der Waals surface area contributed by atoms with E-state index in [0.717, 1.165) is 18.3 Å². The van der Waals surface area contributed by atoms with Crippen LogP contribution in [-0.2, 0) is 6.54 Å². The zero-order chi connectivity index (χ0) is 14.5.